The van der Waals surface area contributed by atoms with Crippen molar-refractivity contribution in [2.24, 2.45) is 5.92 Å². The van der Waals surface area contributed by atoms with E-state index in [9.17, 15) is 24.0 Å². The number of fused-ring (bicyclic) bond motifs is 1. The summed E-state index contributed by atoms with van der Waals surface area (Å²) in [7, 11) is 0. The van der Waals surface area contributed by atoms with E-state index in [1.54, 1.807) is 17.0 Å². The molecule has 2 fully saturated rings. The second kappa shape index (κ2) is 8.74. The van der Waals surface area contributed by atoms with E-state index in [4.69, 9.17) is 0 Å². The summed E-state index contributed by atoms with van der Waals surface area (Å²) in [5.41, 5.74) is 2.87. The first kappa shape index (κ1) is 21.8. The molecule has 9 heteroatoms. The minimum Gasteiger partial charge on any atom is -0.351 e. The highest BCUT2D eigenvalue weighted by atomic mass is 16.2. The number of benzene rings is 2. The summed E-state index contributed by atoms with van der Waals surface area (Å²) in [6.45, 7) is 1.00. The van der Waals surface area contributed by atoms with E-state index in [0.717, 1.165) is 16.8 Å². The van der Waals surface area contributed by atoms with E-state index in [1.165, 1.54) is 4.90 Å². The van der Waals surface area contributed by atoms with Gasteiger partial charge in [-0.05, 0) is 42.2 Å². The van der Waals surface area contributed by atoms with Gasteiger partial charge in [-0.25, -0.2) is 0 Å². The largest absolute Gasteiger partial charge is 0.351 e. The van der Waals surface area contributed by atoms with Crippen LogP contribution in [0.5, 0.6) is 0 Å². The lowest BCUT2D eigenvalue weighted by Crippen LogP contribution is -2.52. The number of amides is 5. The van der Waals surface area contributed by atoms with Crippen LogP contribution in [0.4, 0.5) is 5.69 Å². The van der Waals surface area contributed by atoms with Crippen molar-refractivity contribution in [1.82, 2.24) is 15.5 Å². The predicted molar refractivity (Wildman–Crippen MR) is 121 cm³/mol. The van der Waals surface area contributed by atoms with Crippen LogP contribution in [0, 0.1) is 5.92 Å². The number of para-hydroxylation sites is 1. The number of hydrogen-bond acceptors (Lipinski definition) is 5. The second-order valence-electron chi connectivity index (χ2n) is 8.78. The zero-order valence-corrected chi connectivity index (χ0v) is 18.5. The van der Waals surface area contributed by atoms with E-state index in [0.29, 0.717) is 24.9 Å². The van der Waals surface area contributed by atoms with Gasteiger partial charge in [0.15, 0.2) is 0 Å². The van der Waals surface area contributed by atoms with Gasteiger partial charge in [0.05, 0.1) is 0 Å². The Morgan fingerprint density at radius 3 is 2.59 bits per heavy atom. The third-order valence-electron chi connectivity index (χ3n) is 6.64. The van der Waals surface area contributed by atoms with Gasteiger partial charge in [-0.3, -0.25) is 29.3 Å². The lowest BCUT2D eigenvalue weighted by molar-refractivity contribution is -0.137. The molecule has 2 N–H and O–H groups in total. The topological polar surface area (TPSA) is 116 Å². The third-order valence-corrected chi connectivity index (χ3v) is 6.64. The minimum absolute atomic E-state index is 0.204. The van der Waals surface area contributed by atoms with Crippen molar-refractivity contribution in [1.29, 1.82) is 0 Å². The Labute approximate surface area is 196 Å². The summed E-state index contributed by atoms with van der Waals surface area (Å²) in [6.07, 6.45) is 0.970. The van der Waals surface area contributed by atoms with E-state index < -0.39 is 17.9 Å². The molecular formula is C25H24N4O5. The molecule has 0 aliphatic carbocycles. The Bertz CT molecular complexity index is 1200. The van der Waals surface area contributed by atoms with Crippen molar-refractivity contribution < 1.29 is 24.0 Å². The number of piperidine rings is 1. The van der Waals surface area contributed by atoms with Gasteiger partial charge >= 0.3 is 0 Å². The third kappa shape index (κ3) is 3.93. The van der Waals surface area contributed by atoms with Crippen LogP contribution in [0.25, 0.3) is 0 Å². The molecule has 2 atom stereocenters. The van der Waals surface area contributed by atoms with Gasteiger partial charge in [0.2, 0.25) is 23.6 Å². The van der Waals surface area contributed by atoms with Gasteiger partial charge in [0.25, 0.3) is 5.91 Å². The molecule has 174 valence electrons. The fourth-order valence-electron chi connectivity index (χ4n) is 4.84. The number of nitrogens with zero attached hydrogens (tertiary/aromatic N) is 2. The monoisotopic (exact) mass is 460 g/mol. The van der Waals surface area contributed by atoms with Crippen LogP contribution >= 0.6 is 0 Å². The van der Waals surface area contributed by atoms with Crippen LogP contribution in [-0.4, -0.2) is 47.0 Å². The van der Waals surface area contributed by atoms with E-state index >= 15 is 0 Å². The molecule has 0 aromatic heterocycles. The molecule has 2 aromatic carbocycles. The molecule has 2 aromatic rings. The molecule has 5 amide bonds. The Kier molecular flexibility index (Phi) is 5.61. The maximum absolute atomic E-state index is 12.8. The molecule has 5 rings (SSSR count). The highest BCUT2D eigenvalue weighted by molar-refractivity contribution is 6.09. The summed E-state index contributed by atoms with van der Waals surface area (Å²) in [5.74, 6) is -2.25. The molecule has 9 nitrogen and oxygen atoms in total. The Morgan fingerprint density at radius 1 is 1.03 bits per heavy atom. The fourth-order valence-corrected chi connectivity index (χ4v) is 4.84. The summed E-state index contributed by atoms with van der Waals surface area (Å²) < 4.78 is 0. The molecule has 0 bridgehead atoms. The lowest BCUT2D eigenvalue weighted by atomic mass is 10.0. The summed E-state index contributed by atoms with van der Waals surface area (Å²) in [5, 5.41) is 5.14. The first-order valence-electron chi connectivity index (χ1n) is 11.3. The minimum atomic E-state index is -0.723. The number of carbonyl (C=O) groups is 5. The maximum atomic E-state index is 12.8. The zero-order chi connectivity index (χ0) is 23.8. The molecule has 3 aliphatic rings. The maximum Gasteiger partial charge on any atom is 0.255 e. The normalized spacial score (nSPS) is 22.1. The number of carbonyl (C=O) groups excluding carboxylic acids is 5. The molecule has 2 saturated heterocycles. The SMILES string of the molecule is O=C1CCC(N2Cc3cc(CNC(=O)C4CCN(c5ccccc5)C4=O)ccc3C2=O)C(=O)N1. The van der Waals surface area contributed by atoms with Crippen LogP contribution in [-0.2, 0) is 32.3 Å². The molecule has 0 spiro atoms. The standard InChI is InChI=1S/C25H24N4O5/c30-21-9-8-20(23(32)27-21)29-14-16-12-15(6-7-18(16)24(29)33)13-26-22(31)19-10-11-28(25(19)34)17-4-2-1-3-5-17/h1-7,12,19-20H,8-11,13-14H2,(H,26,31)(H,27,30,32). The van der Waals surface area contributed by atoms with Crippen LogP contribution in [0.2, 0.25) is 0 Å². The highest BCUT2D eigenvalue weighted by Gasteiger charge is 2.39. The number of anilines is 1. The first-order chi connectivity index (χ1) is 16.4. The molecule has 3 aliphatic heterocycles. The number of hydrogen-bond donors (Lipinski definition) is 2. The van der Waals surface area contributed by atoms with Crippen LogP contribution < -0.4 is 15.5 Å². The molecule has 0 radical (unpaired) electrons. The average molecular weight is 460 g/mol. The fraction of sp³-hybridized carbons (Fsp3) is 0.320. The van der Waals surface area contributed by atoms with Crippen molar-refractivity contribution in [3.63, 3.8) is 0 Å². The molecule has 3 heterocycles. The van der Waals surface area contributed by atoms with Gasteiger partial charge < -0.3 is 15.1 Å². The van der Waals surface area contributed by atoms with Gasteiger partial charge in [-0.15, -0.1) is 0 Å². The van der Waals surface area contributed by atoms with E-state index in [1.807, 2.05) is 36.4 Å². The number of imide groups is 1. The predicted octanol–water partition coefficient (Wildman–Crippen LogP) is 1.12. The van der Waals surface area contributed by atoms with Crippen molar-refractivity contribution in [2.45, 2.75) is 38.4 Å². The second-order valence-corrected chi connectivity index (χ2v) is 8.78. The quantitative estimate of drug-likeness (QED) is 0.512. The Morgan fingerprint density at radius 2 is 1.82 bits per heavy atom. The van der Waals surface area contributed by atoms with Crippen molar-refractivity contribution in [3.05, 3.63) is 65.2 Å². The van der Waals surface area contributed by atoms with Crippen molar-refractivity contribution in [2.75, 3.05) is 11.4 Å². The van der Waals surface area contributed by atoms with Gasteiger partial charge in [-0.2, -0.15) is 0 Å². The average Bonchev–Trinajstić information content (AvgIpc) is 3.38. The Balaban J connectivity index is 1.21. The van der Waals surface area contributed by atoms with Crippen molar-refractivity contribution in [3.8, 4) is 0 Å². The van der Waals surface area contributed by atoms with Gasteiger partial charge in [-0.1, -0.05) is 30.3 Å². The van der Waals surface area contributed by atoms with Crippen LogP contribution in [0.15, 0.2) is 48.5 Å². The van der Waals surface area contributed by atoms with E-state index in [2.05, 4.69) is 10.6 Å². The zero-order valence-electron chi connectivity index (χ0n) is 18.5. The Hall–Kier alpha value is -4.01. The molecular weight excluding hydrogens is 436 g/mol. The molecule has 0 saturated carbocycles. The number of nitrogens with one attached hydrogen (secondary N) is 2. The molecule has 34 heavy (non-hydrogen) atoms. The van der Waals surface area contributed by atoms with E-state index in [-0.39, 0.29) is 43.1 Å². The first-order valence-corrected chi connectivity index (χ1v) is 11.3. The van der Waals surface area contributed by atoms with Gasteiger partial charge in [0.1, 0.15) is 12.0 Å². The smallest absolute Gasteiger partial charge is 0.255 e. The van der Waals surface area contributed by atoms with Crippen LogP contribution in [0.1, 0.15) is 40.7 Å². The molecule has 2 unspecified atom stereocenters. The lowest BCUT2D eigenvalue weighted by Gasteiger charge is -2.29. The van der Waals surface area contributed by atoms with Gasteiger partial charge in [0, 0.05) is 37.3 Å². The summed E-state index contributed by atoms with van der Waals surface area (Å²) >= 11 is 0. The van der Waals surface area contributed by atoms with Crippen molar-refractivity contribution >= 4 is 35.2 Å². The van der Waals surface area contributed by atoms with Crippen LogP contribution in [0.3, 0.4) is 0 Å². The summed E-state index contributed by atoms with van der Waals surface area (Å²) in [6, 6.07) is 13.9. The highest BCUT2D eigenvalue weighted by Crippen LogP contribution is 2.29. The summed E-state index contributed by atoms with van der Waals surface area (Å²) in [4.78, 5) is 65.0. The number of rotatable bonds is 5.